The SMILES string of the molecule is CCOC(=O)NC(=O)/C(C#N)=C\N(N)c1c(F)c(F)c(F)c(F)c1F. The Labute approximate surface area is 137 Å². The average Bonchev–Trinajstić information content (AvgIpc) is 2.56. The van der Waals surface area contributed by atoms with Crippen molar-refractivity contribution < 1.29 is 36.3 Å². The molecule has 0 aromatic heterocycles. The fraction of sp³-hybridized carbons (Fsp3) is 0.154. The summed E-state index contributed by atoms with van der Waals surface area (Å²) in [6.45, 7) is 1.33. The van der Waals surface area contributed by atoms with E-state index in [0.717, 1.165) is 0 Å². The Morgan fingerprint density at radius 2 is 1.64 bits per heavy atom. The number of halogens is 5. The number of benzene rings is 1. The fourth-order valence-electron chi connectivity index (χ4n) is 1.49. The Morgan fingerprint density at radius 3 is 2.08 bits per heavy atom. The number of hydrazine groups is 1. The van der Waals surface area contributed by atoms with Crippen LogP contribution in [0.2, 0.25) is 0 Å². The molecule has 3 N–H and O–H groups in total. The summed E-state index contributed by atoms with van der Waals surface area (Å²) in [4.78, 5) is 22.7. The van der Waals surface area contributed by atoms with Gasteiger partial charge in [0.25, 0.3) is 5.91 Å². The van der Waals surface area contributed by atoms with E-state index in [-0.39, 0.29) is 17.8 Å². The Hall–Kier alpha value is -3.20. The van der Waals surface area contributed by atoms with Crippen LogP contribution in [0.25, 0.3) is 0 Å². The number of nitrogens with zero attached hydrogens (tertiary/aromatic N) is 2. The van der Waals surface area contributed by atoms with Crippen molar-refractivity contribution in [2.75, 3.05) is 11.6 Å². The van der Waals surface area contributed by atoms with Gasteiger partial charge in [-0.15, -0.1) is 0 Å². The van der Waals surface area contributed by atoms with Gasteiger partial charge >= 0.3 is 6.09 Å². The van der Waals surface area contributed by atoms with Crippen LogP contribution in [0, 0.1) is 40.4 Å². The third-order valence-corrected chi connectivity index (χ3v) is 2.57. The second-order valence-corrected chi connectivity index (χ2v) is 4.15. The van der Waals surface area contributed by atoms with E-state index in [2.05, 4.69) is 4.74 Å². The highest BCUT2D eigenvalue weighted by atomic mass is 19.2. The van der Waals surface area contributed by atoms with Gasteiger partial charge in [-0.2, -0.15) is 5.26 Å². The van der Waals surface area contributed by atoms with Gasteiger partial charge in [-0.3, -0.25) is 15.1 Å². The molecule has 0 saturated carbocycles. The molecule has 25 heavy (non-hydrogen) atoms. The molecule has 0 saturated heterocycles. The molecule has 0 aliphatic carbocycles. The van der Waals surface area contributed by atoms with Crippen LogP contribution in [0.3, 0.4) is 0 Å². The molecule has 1 aromatic rings. The van der Waals surface area contributed by atoms with E-state index in [1.807, 2.05) is 0 Å². The molecule has 0 bridgehead atoms. The number of imide groups is 1. The van der Waals surface area contributed by atoms with Crippen LogP contribution >= 0.6 is 0 Å². The Balaban J connectivity index is 3.25. The fourth-order valence-corrected chi connectivity index (χ4v) is 1.49. The molecule has 0 heterocycles. The zero-order chi connectivity index (χ0) is 19.3. The van der Waals surface area contributed by atoms with Gasteiger partial charge in [0, 0.05) is 6.20 Å². The summed E-state index contributed by atoms with van der Waals surface area (Å²) in [5.74, 6) is -7.72. The molecule has 134 valence electrons. The van der Waals surface area contributed by atoms with E-state index in [0.29, 0.717) is 0 Å². The summed E-state index contributed by atoms with van der Waals surface area (Å²) in [5, 5.41) is 10.2. The third-order valence-electron chi connectivity index (χ3n) is 2.57. The molecule has 0 fully saturated rings. The summed E-state index contributed by atoms with van der Waals surface area (Å²) in [6, 6.07) is 1.24. The summed E-state index contributed by atoms with van der Waals surface area (Å²) in [7, 11) is 0. The van der Waals surface area contributed by atoms with Crippen LogP contribution in [-0.2, 0) is 9.53 Å². The van der Waals surface area contributed by atoms with Gasteiger partial charge in [-0.1, -0.05) is 0 Å². The number of carbonyl (C=O) groups is 2. The van der Waals surface area contributed by atoms with Gasteiger partial charge in [0.15, 0.2) is 23.3 Å². The summed E-state index contributed by atoms with van der Waals surface area (Å²) < 4.78 is 70.8. The van der Waals surface area contributed by atoms with Crippen molar-refractivity contribution in [3.05, 3.63) is 40.9 Å². The topological polar surface area (TPSA) is 108 Å². The van der Waals surface area contributed by atoms with Gasteiger partial charge in [-0.25, -0.2) is 32.6 Å². The molecule has 12 heteroatoms. The van der Waals surface area contributed by atoms with Crippen molar-refractivity contribution in [3.63, 3.8) is 0 Å². The van der Waals surface area contributed by atoms with Crippen LogP contribution < -0.4 is 16.2 Å². The number of nitrogens with two attached hydrogens (primary N) is 1. The normalized spacial score (nSPS) is 10.9. The van der Waals surface area contributed by atoms with Crippen LogP contribution in [0.1, 0.15) is 6.92 Å². The van der Waals surface area contributed by atoms with Crippen molar-refractivity contribution in [2.24, 2.45) is 5.84 Å². The first kappa shape index (κ1) is 19.8. The molecule has 0 radical (unpaired) electrons. The van der Waals surface area contributed by atoms with Gasteiger partial charge in [0.2, 0.25) is 5.82 Å². The second-order valence-electron chi connectivity index (χ2n) is 4.15. The molecule has 0 spiro atoms. The second kappa shape index (κ2) is 8.06. The van der Waals surface area contributed by atoms with Crippen molar-refractivity contribution in [1.29, 1.82) is 5.26 Å². The molecule has 0 unspecified atom stereocenters. The summed E-state index contributed by atoms with van der Waals surface area (Å²) in [5.41, 5.74) is -2.58. The van der Waals surface area contributed by atoms with Gasteiger partial charge in [0.05, 0.1) is 6.61 Å². The average molecular weight is 364 g/mol. The van der Waals surface area contributed by atoms with Gasteiger partial charge in [-0.05, 0) is 6.92 Å². The Bertz CT molecular complexity index is 762. The monoisotopic (exact) mass is 364 g/mol. The van der Waals surface area contributed by atoms with Crippen molar-refractivity contribution in [3.8, 4) is 6.07 Å². The number of anilines is 1. The largest absolute Gasteiger partial charge is 0.450 e. The predicted molar refractivity (Wildman–Crippen MR) is 71.8 cm³/mol. The minimum atomic E-state index is -2.41. The number of rotatable bonds is 4. The molecular weight excluding hydrogens is 355 g/mol. The van der Waals surface area contributed by atoms with E-state index >= 15 is 0 Å². The Morgan fingerprint density at radius 1 is 1.16 bits per heavy atom. The summed E-state index contributed by atoms with van der Waals surface area (Å²) in [6.07, 6.45) is -0.958. The quantitative estimate of drug-likeness (QED) is 0.160. The van der Waals surface area contributed by atoms with Crippen LogP contribution in [-0.4, -0.2) is 18.6 Å². The van der Waals surface area contributed by atoms with Gasteiger partial charge in [0.1, 0.15) is 17.3 Å². The molecule has 0 aliphatic rings. The van der Waals surface area contributed by atoms with Crippen molar-refractivity contribution >= 4 is 17.7 Å². The molecule has 7 nitrogen and oxygen atoms in total. The number of ether oxygens (including phenoxy) is 1. The number of alkyl carbamates (subject to hydrolysis) is 1. The zero-order valence-electron chi connectivity index (χ0n) is 12.4. The number of hydrogen-bond acceptors (Lipinski definition) is 6. The lowest BCUT2D eigenvalue weighted by atomic mass is 10.2. The lowest BCUT2D eigenvalue weighted by molar-refractivity contribution is -0.116. The van der Waals surface area contributed by atoms with Crippen LogP contribution in [0.5, 0.6) is 0 Å². The Kier molecular flexibility index (Phi) is 6.40. The summed E-state index contributed by atoms with van der Waals surface area (Å²) >= 11 is 0. The standard InChI is InChI=1S/C13H9F5N4O3/c1-2-25-13(24)21-12(23)5(3-19)4-22(20)11-9(17)7(15)6(14)8(16)10(11)18/h4H,2,20H2,1H3,(H,21,23,24)/b5-4-. The minimum Gasteiger partial charge on any atom is -0.450 e. The van der Waals surface area contributed by atoms with E-state index in [1.54, 1.807) is 5.32 Å². The lowest BCUT2D eigenvalue weighted by Crippen LogP contribution is -2.34. The molecular formula is C13H9F5N4O3. The maximum atomic E-state index is 13.6. The van der Waals surface area contributed by atoms with E-state index in [4.69, 9.17) is 11.1 Å². The highest BCUT2D eigenvalue weighted by molar-refractivity contribution is 6.05. The number of nitriles is 1. The van der Waals surface area contributed by atoms with Gasteiger partial charge < -0.3 is 4.74 Å². The molecule has 2 amide bonds. The van der Waals surface area contributed by atoms with Crippen molar-refractivity contribution in [2.45, 2.75) is 6.92 Å². The minimum absolute atomic E-state index is 0.0989. The van der Waals surface area contributed by atoms with E-state index in [9.17, 15) is 31.5 Å². The first-order chi connectivity index (χ1) is 11.6. The molecule has 1 rings (SSSR count). The van der Waals surface area contributed by atoms with Crippen molar-refractivity contribution in [1.82, 2.24) is 5.32 Å². The van der Waals surface area contributed by atoms with E-state index in [1.165, 1.54) is 13.0 Å². The first-order valence-electron chi connectivity index (χ1n) is 6.31. The first-order valence-corrected chi connectivity index (χ1v) is 6.31. The highest BCUT2D eigenvalue weighted by Gasteiger charge is 2.28. The lowest BCUT2D eigenvalue weighted by Gasteiger charge is -2.17. The maximum Gasteiger partial charge on any atom is 0.414 e. The van der Waals surface area contributed by atoms with E-state index < -0.39 is 52.3 Å². The van der Waals surface area contributed by atoms with Crippen LogP contribution in [0.15, 0.2) is 11.8 Å². The predicted octanol–water partition coefficient (Wildman–Crippen LogP) is 1.74. The number of hydrogen-bond donors (Lipinski definition) is 2. The highest BCUT2D eigenvalue weighted by Crippen LogP contribution is 2.29. The molecule has 1 aromatic carbocycles. The number of carbonyl (C=O) groups excluding carboxylic acids is 2. The molecule has 0 aliphatic heterocycles. The number of amides is 2. The number of nitrogens with one attached hydrogen (secondary N) is 1. The molecule has 0 atom stereocenters. The zero-order valence-corrected chi connectivity index (χ0v) is 12.4. The smallest absolute Gasteiger partial charge is 0.414 e. The third kappa shape index (κ3) is 4.21. The van der Waals surface area contributed by atoms with Crippen LogP contribution in [0.4, 0.5) is 32.4 Å². The maximum absolute atomic E-state index is 13.6.